The number of thiocarbonyl (C=S) groups is 1. The van der Waals surface area contributed by atoms with E-state index < -0.39 is 0 Å². The summed E-state index contributed by atoms with van der Waals surface area (Å²) in [5, 5.41) is 6.42. The summed E-state index contributed by atoms with van der Waals surface area (Å²) in [6, 6.07) is 6.94. The Hall–Kier alpha value is -2.48. The minimum atomic E-state index is -0.162. The maximum absolute atomic E-state index is 11.9. The van der Waals surface area contributed by atoms with E-state index in [0.717, 1.165) is 5.56 Å². The second-order valence-corrected chi connectivity index (χ2v) is 4.80. The van der Waals surface area contributed by atoms with Crippen LogP contribution in [0.2, 0.25) is 0 Å². The molecule has 0 atom stereocenters. The first-order valence-electron chi connectivity index (χ1n) is 6.17. The van der Waals surface area contributed by atoms with E-state index >= 15 is 0 Å². The van der Waals surface area contributed by atoms with E-state index in [2.05, 4.69) is 15.2 Å². The van der Waals surface area contributed by atoms with Crippen molar-refractivity contribution >= 4 is 23.1 Å². The van der Waals surface area contributed by atoms with Crippen LogP contribution in [0.1, 0.15) is 11.4 Å². The monoisotopic (exact) mass is 305 g/mol. The van der Waals surface area contributed by atoms with Gasteiger partial charge in [-0.1, -0.05) is 12.2 Å². The van der Waals surface area contributed by atoms with Crippen molar-refractivity contribution in [1.82, 2.24) is 20.1 Å². The van der Waals surface area contributed by atoms with Crippen molar-refractivity contribution in [3.8, 4) is 5.75 Å². The largest absolute Gasteiger partial charge is 0.484 e. The molecule has 0 fully saturated rings. The Morgan fingerprint density at radius 2 is 2.14 bits per heavy atom. The lowest BCUT2D eigenvalue weighted by atomic mass is 10.2. The number of carbonyl (C=O) groups is 1. The first kappa shape index (κ1) is 14.9. The summed E-state index contributed by atoms with van der Waals surface area (Å²) in [6.07, 6.45) is 1.40. The van der Waals surface area contributed by atoms with Crippen molar-refractivity contribution in [2.24, 2.45) is 5.73 Å². The number of hydrogen-bond acceptors (Lipinski definition) is 5. The van der Waals surface area contributed by atoms with Gasteiger partial charge in [-0.15, -0.1) is 0 Å². The lowest BCUT2D eigenvalue weighted by molar-refractivity contribution is -0.132. The van der Waals surface area contributed by atoms with E-state index in [1.165, 1.54) is 11.2 Å². The molecule has 7 nitrogen and oxygen atoms in total. The average molecular weight is 305 g/mol. The maximum Gasteiger partial charge on any atom is 0.260 e. The topological polar surface area (TPSA) is 97.1 Å². The van der Waals surface area contributed by atoms with Gasteiger partial charge in [-0.25, -0.2) is 4.98 Å². The number of likely N-dealkylation sites (N-methyl/N-ethyl adjacent to an activating group) is 1. The van der Waals surface area contributed by atoms with Crippen LogP contribution < -0.4 is 10.5 Å². The number of carbonyl (C=O) groups excluding carboxylic acids is 1. The molecule has 2 aromatic rings. The zero-order chi connectivity index (χ0) is 15.2. The van der Waals surface area contributed by atoms with Crippen LogP contribution in [-0.2, 0) is 11.3 Å². The molecule has 0 aliphatic rings. The molecule has 21 heavy (non-hydrogen) atoms. The van der Waals surface area contributed by atoms with Crippen molar-refractivity contribution < 1.29 is 9.53 Å². The summed E-state index contributed by atoms with van der Waals surface area (Å²) >= 11 is 4.86. The Labute approximate surface area is 127 Å². The number of hydrogen-bond donors (Lipinski definition) is 2. The molecule has 8 heteroatoms. The van der Waals surface area contributed by atoms with Crippen LogP contribution in [0.3, 0.4) is 0 Å². The van der Waals surface area contributed by atoms with Crippen molar-refractivity contribution in [3.05, 3.63) is 42.0 Å². The molecule has 0 saturated carbocycles. The quantitative estimate of drug-likeness (QED) is 0.753. The highest BCUT2D eigenvalue weighted by Crippen LogP contribution is 2.12. The Morgan fingerprint density at radius 1 is 1.43 bits per heavy atom. The third-order valence-corrected chi connectivity index (χ3v) is 3.01. The molecule has 1 amide bonds. The molecule has 0 bridgehead atoms. The van der Waals surface area contributed by atoms with Gasteiger partial charge >= 0.3 is 0 Å². The van der Waals surface area contributed by atoms with Crippen molar-refractivity contribution in [2.45, 2.75) is 6.54 Å². The average Bonchev–Trinajstić information content (AvgIpc) is 2.98. The highest BCUT2D eigenvalue weighted by atomic mass is 32.1. The molecule has 1 aromatic carbocycles. The minimum Gasteiger partial charge on any atom is -0.484 e. The fourth-order valence-corrected chi connectivity index (χ4v) is 1.73. The van der Waals surface area contributed by atoms with Gasteiger partial charge in [0.25, 0.3) is 5.91 Å². The first-order chi connectivity index (χ1) is 10.1. The molecule has 0 saturated heterocycles. The number of amides is 1. The summed E-state index contributed by atoms with van der Waals surface area (Å²) < 4.78 is 5.42. The number of benzene rings is 1. The predicted octanol–water partition coefficient (Wildman–Crippen LogP) is 0.476. The normalized spacial score (nSPS) is 10.1. The van der Waals surface area contributed by atoms with Crippen LogP contribution in [-0.4, -0.2) is 44.6 Å². The number of aromatic amines is 1. The van der Waals surface area contributed by atoms with Crippen LogP contribution in [0.4, 0.5) is 0 Å². The number of H-pyrrole nitrogens is 1. The van der Waals surface area contributed by atoms with E-state index in [0.29, 0.717) is 23.1 Å². The fourth-order valence-electron chi connectivity index (χ4n) is 1.59. The van der Waals surface area contributed by atoms with Crippen LogP contribution >= 0.6 is 12.2 Å². The van der Waals surface area contributed by atoms with Crippen LogP contribution in [0.15, 0.2) is 30.6 Å². The Bertz CT molecular complexity index is 612. The molecule has 2 rings (SSSR count). The summed E-state index contributed by atoms with van der Waals surface area (Å²) in [7, 11) is 1.67. The van der Waals surface area contributed by atoms with Gasteiger partial charge in [0.05, 0.1) is 6.54 Å². The fraction of sp³-hybridized carbons (Fsp3) is 0.231. The number of nitrogens with one attached hydrogen (secondary N) is 1. The van der Waals surface area contributed by atoms with Gasteiger partial charge in [-0.3, -0.25) is 9.89 Å². The van der Waals surface area contributed by atoms with Gasteiger partial charge < -0.3 is 15.4 Å². The Balaban J connectivity index is 1.84. The Kier molecular flexibility index (Phi) is 4.83. The molecule has 1 aromatic heterocycles. The summed E-state index contributed by atoms with van der Waals surface area (Å²) in [5.41, 5.74) is 6.26. The molecule has 0 unspecified atom stereocenters. The maximum atomic E-state index is 11.9. The number of nitrogens with two attached hydrogens (primary N) is 1. The number of aromatic nitrogens is 3. The zero-order valence-electron chi connectivity index (χ0n) is 11.4. The summed E-state index contributed by atoms with van der Waals surface area (Å²) in [5.74, 6) is 1.04. The van der Waals surface area contributed by atoms with Gasteiger partial charge in [0.1, 0.15) is 22.9 Å². The van der Waals surface area contributed by atoms with Crippen LogP contribution in [0.25, 0.3) is 0 Å². The summed E-state index contributed by atoms with van der Waals surface area (Å²) in [6.45, 7) is 0.291. The molecular weight excluding hydrogens is 290 g/mol. The van der Waals surface area contributed by atoms with Gasteiger partial charge in [-0.2, -0.15) is 5.10 Å². The molecule has 3 N–H and O–H groups in total. The van der Waals surface area contributed by atoms with Gasteiger partial charge in [0.2, 0.25) is 0 Å². The number of ether oxygens (including phenoxy) is 1. The third kappa shape index (κ3) is 4.25. The molecule has 0 aliphatic carbocycles. The molecule has 1 heterocycles. The number of rotatable bonds is 6. The lowest BCUT2D eigenvalue weighted by Gasteiger charge is -2.16. The molecule has 0 radical (unpaired) electrons. The van der Waals surface area contributed by atoms with Crippen molar-refractivity contribution in [2.75, 3.05) is 13.7 Å². The highest BCUT2D eigenvalue weighted by Gasteiger charge is 2.11. The zero-order valence-corrected chi connectivity index (χ0v) is 12.3. The van der Waals surface area contributed by atoms with Crippen molar-refractivity contribution in [3.63, 3.8) is 0 Å². The molecule has 0 aliphatic heterocycles. The SMILES string of the molecule is CN(Cc1ncn[nH]1)C(=O)COc1ccc(C(N)=S)cc1. The lowest BCUT2D eigenvalue weighted by Crippen LogP contribution is -2.31. The van der Waals surface area contributed by atoms with E-state index in [4.69, 9.17) is 22.7 Å². The van der Waals surface area contributed by atoms with Crippen molar-refractivity contribution in [1.29, 1.82) is 0 Å². The summed E-state index contributed by atoms with van der Waals surface area (Å²) in [4.78, 5) is 17.7. The van der Waals surface area contributed by atoms with E-state index in [1.807, 2.05) is 0 Å². The Morgan fingerprint density at radius 3 is 2.71 bits per heavy atom. The van der Waals surface area contributed by atoms with Gasteiger partial charge in [0, 0.05) is 12.6 Å². The number of nitrogens with zero attached hydrogens (tertiary/aromatic N) is 3. The van der Waals surface area contributed by atoms with E-state index in [-0.39, 0.29) is 12.5 Å². The third-order valence-electron chi connectivity index (χ3n) is 2.78. The van der Waals surface area contributed by atoms with Gasteiger partial charge in [0.15, 0.2) is 6.61 Å². The molecule has 110 valence electrons. The molecule has 0 spiro atoms. The standard InChI is InChI=1S/C13H15N5O2S/c1-18(6-11-15-8-16-17-11)12(19)7-20-10-4-2-9(3-5-10)13(14)21/h2-5,8H,6-7H2,1H3,(H2,14,21)(H,15,16,17). The second-order valence-electron chi connectivity index (χ2n) is 4.36. The van der Waals surface area contributed by atoms with Gasteiger partial charge in [-0.05, 0) is 24.3 Å². The van der Waals surface area contributed by atoms with Crippen LogP contribution in [0, 0.1) is 0 Å². The smallest absolute Gasteiger partial charge is 0.260 e. The first-order valence-corrected chi connectivity index (χ1v) is 6.58. The van der Waals surface area contributed by atoms with E-state index in [1.54, 1.807) is 31.3 Å². The molecular formula is C13H15N5O2S. The van der Waals surface area contributed by atoms with Crippen LogP contribution in [0.5, 0.6) is 5.75 Å². The predicted molar refractivity (Wildman–Crippen MR) is 80.7 cm³/mol. The van der Waals surface area contributed by atoms with E-state index in [9.17, 15) is 4.79 Å². The minimum absolute atomic E-state index is 0.0585. The second kappa shape index (κ2) is 6.80. The highest BCUT2D eigenvalue weighted by molar-refractivity contribution is 7.80.